The number of nitrogens with one attached hydrogen (secondary N) is 1. The molecule has 0 aliphatic rings. The molecule has 1 N–H and O–H groups in total. The van der Waals surface area contributed by atoms with Crippen molar-refractivity contribution in [3.63, 3.8) is 0 Å². The third-order valence-electron chi connectivity index (χ3n) is 5.02. The van der Waals surface area contributed by atoms with Crippen LogP contribution in [0.4, 0.5) is 21.5 Å². The molecule has 180 valence electrons. The van der Waals surface area contributed by atoms with E-state index < -0.39 is 31.8 Å². The lowest BCUT2D eigenvalue weighted by atomic mass is 10.1. The summed E-state index contributed by atoms with van der Waals surface area (Å²) in [6.07, 6.45) is 2.15. The fraction of sp³-hybridized carbons (Fsp3) is 0.174. The van der Waals surface area contributed by atoms with Crippen molar-refractivity contribution in [2.75, 3.05) is 33.5 Å². The average molecular weight is 506 g/mol. The summed E-state index contributed by atoms with van der Waals surface area (Å²) in [4.78, 5) is 12.7. The van der Waals surface area contributed by atoms with Gasteiger partial charge in [0.2, 0.25) is 20.0 Å². The molecule has 0 atom stereocenters. The normalized spacial score (nSPS) is 11.6. The number of halogens is 1. The second-order valence-electron chi connectivity index (χ2n) is 7.68. The van der Waals surface area contributed by atoms with Gasteiger partial charge in [-0.25, -0.2) is 21.2 Å². The number of anilines is 3. The highest BCUT2D eigenvalue weighted by molar-refractivity contribution is 7.92. The molecule has 34 heavy (non-hydrogen) atoms. The van der Waals surface area contributed by atoms with E-state index in [-0.39, 0.29) is 12.1 Å². The Hall–Kier alpha value is -3.44. The Morgan fingerprint density at radius 2 is 1.47 bits per heavy atom. The van der Waals surface area contributed by atoms with Gasteiger partial charge in [-0.2, -0.15) is 0 Å². The maximum absolute atomic E-state index is 13.2. The number of nitrogens with zero attached hydrogens (tertiary/aromatic N) is 2. The van der Waals surface area contributed by atoms with Gasteiger partial charge in [-0.15, -0.1) is 0 Å². The molecule has 0 aromatic heterocycles. The molecule has 1 amide bonds. The van der Waals surface area contributed by atoms with Gasteiger partial charge in [-0.3, -0.25) is 13.4 Å². The number of hydrogen-bond acceptors (Lipinski definition) is 5. The van der Waals surface area contributed by atoms with Gasteiger partial charge in [0.05, 0.1) is 30.4 Å². The predicted molar refractivity (Wildman–Crippen MR) is 132 cm³/mol. The lowest BCUT2D eigenvalue weighted by Crippen LogP contribution is -2.29. The second kappa shape index (κ2) is 9.82. The zero-order valence-electron chi connectivity index (χ0n) is 18.8. The Kier molecular flexibility index (Phi) is 7.27. The van der Waals surface area contributed by atoms with Crippen LogP contribution in [0, 0.1) is 5.82 Å². The number of carbonyl (C=O) groups is 1. The first-order valence-electron chi connectivity index (χ1n) is 10.0. The minimum absolute atomic E-state index is 0.00526. The van der Waals surface area contributed by atoms with Crippen LogP contribution in [0.15, 0.2) is 72.8 Å². The highest BCUT2D eigenvalue weighted by Gasteiger charge is 2.19. The molecule has 0 spiro atoms. The molecule has 3 aromatic rings. The smallest absolute Gasteiger partial charge is 0.255 e. The van der Waals surface area contributed by atoms with Crippen LogP contribution in [-0.4, -0.2) is 42.3 Å². The highest BCUT2D eigenvalue weighted by Crippen LogP contribution is 2.23. The van der Waals surface area contributed by atoms with Crippen LogP contribution in [0.3, 0.4) is 0 Å². The number of benzene rings is 3. The van der Waals surface area contributed by atoms with Crippen LogP contribution in [0.5, 0.6) is 0 Å². The van der Waals surface area contributed by atoms with Crippen LogP contribution < -0.4 is 13.9 Å². The second-order valence-corrected chi connectivity index (χ2v) is 11.6. The molecule has 0 aliphatic carbocycles. The van der Waals surface area contributed by atoms with Crippen LogP contribution in [0.2, 0.25) is 0 Å². The first-order valence-corrected chi connectivity index (χ1v) is 13.7. The van der Waals surface area contributed by atoms with Crippen molar-refractivity contribution in [3.05, 3.63) is 89.7 Å². The molecule has 0 bridgehead atoms. The Bertz CT molecular complexity index is 1390. The van der Waals surface area contributed by atoms with Gasteiger partial charge in [-0.05, 0) is 60.2 Å². The van der Waals surface area contributed by atoms with Crippen LogP contribution in [0.1, 0.15) is 15.9 Å². The van der Waals surface area contributed by atoms with Crippen molar-refractivity contribution in [2.45, 2.75) is 6.54 Å². The number of rotatable bonds is 8. The first kappa shape index (κ1) is 25.2. The number of hydrogen-bond donors (Lipinski definition) is 1. The summed E-state index contributed by atoms with van der Waals surface area (Å²) in [5, 5.41) is 2.70. The summed E-state index contributed by atoms with van der Waals surface area (Å²) in [5.41, 5.74) is 2.02. The summed E-state index contributed by atoms with van der Waals surface area (Å²) in [7, 11) is -5.69. The lowest BCUT2D eigenvalue weighted by molar-refractivity contribution is 0.102. The summed E-state index contributed by atoms with van der Waals surface area (Å²) in [6, 6.07) is 17.9. The van der Waals surface area contributed by atoms with E-state index in [0.29, 0.717) is 22.6 Å². The van der Waals surface area contributed by atoms with Crippen molar-refractivity contribution >= 4 is 43.0 Å². The van der Waals surface area contributed by atoms with E-state index in [1.807, 2.05) is 0 Å². The molecule has 0 saturated heterocycles. The van der Waals surface area contributed by atoms with Gasteiger partial charge in [-0.1, -0.05) is 18.2 Å². The van der Waals surface area contributed by atoms with Crippen molar-refractivity contribution in [1.82, 2.24) is 0 Å². The minimum atomic E-state index is -3.65. The Morgan fingerprint density at radius 1 is 0.853 bits per heavy atom. The summed E-state index contributed by atoms with van der Waals surface area (Å²) in [5.74, 6) is -0.867. The van der Waals surface area contributed by atoms with Crippen molar-refractivity contribution in [2.24, 2.45) is 0 Å². The molecular weight excluding hydrogens is 481 g/mol. The predicted octanol–water partition coefficient (Wildman–Crippen LogP) is 3.44. The summed E-state index contributed by atoms with van der Waals surface area (Å²) >= 11 is 0. The van der Waals surface area contributed by atoms with E-state index in [1.54, 1.807) is 18.2 Å². The zero-order valence-corrected chi connectivity index (χ0v) is 20.4. The van der Waals surface area contributed by atoms with Gasteiger partial charge < -0.3 is 5.32 Å². The number of amides is 1. The third-order valence-corrected chi connectivity index (χ3v) is 7.37. The topological polar surface area (TPSA) is 104 Å². The molecule has 11 heteroatoms. The summed E-state index contributed by atoms with van der Waals surface area (Å²) < 4.78 is 63.6. The molecule has 0 heterocycles. The molecule has 0 aliphatic heterocycles. The lowest BCUT2D eigenvalue weighted by Gasteiger charge is -2.23. The van der Waals surface area contributed by atoms with Crippen LogP contribution in [-0.2, 0) is 26.6 Å². The molecule has 3 rings (SSSR count). The van der Waals surface area contributed by atoms with Crippen molar-refractivity contribution in [3.8, 4) is 0 Å². The number of sulfonamides is 2. The first-order chi connectivity index (χ1) is 15.8. The van der Waals surface area contributed by atoms with Gasteiger partial charge >= 0.3 is 0 Å². The fourth-order valence-electron chi connectivity index (χ4n) is 3.11. The molecule has 0 unspecified atom stereocenters. The van der Waals surface area contributed by atoms with Crippen LogP contribution >= 0.6 is 0 Å². The molecular formula is C23H24FN3O5S2. The van der Waals surface area contributed by atoms with E-state index in [1.165, 1.54) is 61.6 Å². The van der Waals surface area contributed by atoms with E-state index in [2.05, 4.69) is 5.32 Å². The van der Waals surface area contributed by atoms with Crippen LogP contribution in [0.25, 0.3) is 0 Å². The summed E-state index contributed by atoms with van der Waals surface area (Å²) in [6.45, 7) is 0.00526. The Labute approximate surface area is 198 Å². The fourth-order valence-corrected chi connectivity index (χ4v) is 4.49. The molecule has 0 saturated carbocycles. The molecule has 8 nitrogen and oxygen atoms in total. The standard InChI is InChI=1S/C23H24FN3O5S2/c1-26(33(2,29)30)22-6-4-5-20(15-22)25-23(28)18-9-13-21(14-10-18)27(34(3,31)32)16-17-7-11-19(24)12-8-17/h4-15H,16H2,1-3H3,(H,25,28). The molecule has 0 fully saturated rings. The van der Waals surface area contributed by atoms with Crippen molar-refractivity contribution in [1.29, 1.82) is 0 Å². The minimum Gasteiger partial charge on any atom is -0.322 e. The van der Waals surface area contributed by atoms with E-state index in [0.717, 1.165) is 21.1 Å². The SMILES string of the molecule is CN(c1cccc(NC(=O)c2ccc(N(Cc3ccc(F)cc3)S(C)(=O)=O)cc2)c1)S(C)(=O)=O. The average Bonchev–Trinajstić information content (AvgIpc) is 2.77. The zero-order chi connectivity index (χ0) is 25.1. The van der Waals surface area contributed by atoms with Gasteiger partial charge in [0, 0.05) is 18.3 Å². The number of carbonyl (C=O) groups excluding carboxylic acids is 1. The maximum Gasteiger partial charge on any atom is 0.255 e. The van der Waals surface area contributed by atoms with E-state index in [4.69, 9.17) is 0 Å². The van der Waals surface area contributed by atoms with E-state index in [9.17, 15) is 26.0 Å². The van der Waals surface area contributed by atoms with Crippen molar-refractivity contribution < 1.29 is 26.0 Å². The van der Waals surface area contributed by atoms with Gasteiger partial charge in [0.1, 0.15) is 5.82 Å². The molecule has 0 radical (unpaired) electrons. The highest BCUT2D eigenvalue weighted by atomic mass is 32.2. The molecule has 3 aromatic carbocycles. The Balaban J connectivity index is 1.78. The van der Waals surface area contributed by atoms with Gasteiger partial charge in [0.15, 0.2) is 0 Å². The monoisotopic (exact) mass is 505 g/mol. The van der Waals surface area contributed by atoms with Gasteiger partial charge in [0.25, 0.3) is 5.91 Å². The van der Waals surface area contributed by atoms with E-state index >= 15 is 0 Å². The third kappa shape index (κ3) is 6.33. The Morgan fingerprint density at radius 3 is 2.03 bits per heavy atom. The quantitative estimate of drug-likeness (QED) is 0.505. The largest absolute Gasteiger partial charge is 0.322 e. The maximum atomic E-state index is 13.2.